The molecule has 4 N–H and O–H groups in total. The van der Waals surface area contributed by atoms with E-state index < -0.39 is 91.5 Å². The van der Waals surface area contributed by atoms with Crippen LogP contribution in [0.5, 0.6) is 0 Å². The number of aliphatic hydroxyl groups excluding tert-OH is 2. The van der Waals surface area contributed by atoms with Gasteiger partial charge >= 0.3 is 33.6 Å². The summed E-state index contributed by atoms with van der Waals surface area (Å²) in [5, 5.41) is 20.8. The Balaban J connectivity index is 4.62. The minimum atomic E-state index is -4.95. The van der Waals surface area contributed by atoms with Gasteiger partial charge in [-0.15, -0.1) is 0 Å². The molecule has 0 aliphatic rings. The molecule has 0 aromatic carbocycles. The van der Waals surface area contributed by atoms with Crippen molar-refractivity contribution in [2.75, 3.05) is 39.6 Å². The first-order valence-electron chi connectivity index (χ1n) is 49.4. The van der Waals surface area contributed by atoms with E-state index in [9.17, 15) is 43.5 Å². The van der Waals surface area contributed by atoms with E-state index in [0.29, 0.717) is 19.3 Å². The highest BCUT2D eigenvalue weighted by atomic mass is 31.2. The summed E-state index contributed by atoms with van der Waals surface area (Å²) in [6.45, 7) is 2.49. The van der Waals surface area contributed by atoms with Gasteiger partial charge < -0.3 is 34.2 Å². The molecule has 5 atom stereocenters. The molecule has 0 saturated heterocycles. The van der Waals surface area contributed by atoms with Gasteiger partial charge in [-0.05, 0) is 154 Å². The van der Waals surface area contributed by atoms with Gasteiger partial charge in [-0.3, -0.25) is 32.5 Å². The maximum Gasteiger partial charge on any atom is 0.472 e. The summed E-state index contributed by atoms with van der Waals surface area (Å²) < 4.78 is 61.6. The number of unbranched alkanes of at least 4 members (excludes halogenated alkanes) is 42. The molecule has 0 aliphatic carbocycles. The van der Waals surface area contributed by atoms with Gasteiger partial charge in [0.05, 0.1) is 26.4 Å². The average molecular weight is 1760 g/mol. The Labute approximate surface area is 752 Å². The quantitative estimate of drug-likeness (QED) is 0.0146. The van der Waals surface area contributed by atoms with Gasteiger partial charge in [0.15, 0.2) is 6.10 Å². The number of hydrogen-bond donors (Lipinski definition) is 4. The summed E-state index contributed by atoms with van der Waals surface area (Å²) in [6, 6.07) is 0. The Bertz CT molecular complexity index is 2920. The number of allylic oxidation sites excluding steroid dienone is 28. The van der Waals surface area contributed by atoms with Gasteiger partial charge in [-0.25, -0.2) is 9.13 Å². The standard InChI is InChI=1S/C105H180O16P2/c1-4-7-10-13-16-19-22-25-28-31-34-37-40-43-45-47-49-51-53-56-58-61-64-67-70-73-76-79-82-85-88-91-103(108)115-94-100(106)95-117-122(111,112)118-96-101(107)97-119-123(113,114)120-99-102(121-105(110)93-90-87-84-81-78-75-72-69-66-63-60-55-42-39-36-33-30-27-24-21-18-15-12-9-6-3)98-116-104(109)92-89-86-83-80-77-74-71-68-65-62-59-57-54-52-50-48-46-44-41-38-35-32-29-26-23-20-17-14-11-8-5-2/h7,9-10,12,16-21,25-30,34-39,43-46,55,60,100-102,106-107H,4-6,8,11,13-15,22-24,31-33,40-42,47-54,56-59,61-99H2,1-3H3,(H,111,112)(H,113,114)/b10-7-,12-9-,19-16-,20-17-,21-18-,28-25-,29-26-,30-27-,37-34-,38-35-,39-36-,45-43-,46-44-,60-55-. The van der Waals surface area contributed by atoms with Crippen LogP contribution in [-0.2, 0) is 55.8 Å². The molecule has 0 amide bonds. The first-order chi connectivity index (χ1) is 60.2. The lowest BCUT2D eigenvalue weighted by Gasteiger charge is -2.21. The van der Waals surface area contributed by atoms with Gasteiger partial charge in [0.25, 0.3) is 0 Å². The summed E-state index contributed by atoms with van der Waals surface area (Å²) in [5.74, 6) is -1.57. The van der Waals surface area contributed by atoms with Gasteiger partial charge in [0.2, 0.25) is 0 Å². The van der Waals surface area contributed by atoms with E-state index in [1.165, 1.54) is 205 Å². The topological polar surface area (TPSA) is 231 Å². The Morgan fingerprint density at radius 3 is 0.683 bits per heavy atom. The van der Waals surface area contributed by atoms with Crippen molar-refractivity contribution in [1.82, 2.24) is 0 Å². The number of carbonyl (C=O) groups is 3. The highest BCUT2D eigenvalue weighted by molar-refractivity contribution is 7.47. The summed E-state index contributed by atoms with van der Waals surface area (Å²) in [6.07, 6.45) is 125. The lowest BCUT2D eigenvalue weighted by molar-refractivity contribution is -0.161. The van der Waals surface area contributed by atoms with Gasteiger partial charge in [-0.2, -0.15) is 0 Å². The SMILES string of the molecule is CC/C=C\C/C=C\C/C=C\C/C=C\C/C=C\CCCCCCCCCCCCCCCCCC(=O)OCC(O)COP(=O)(O)OCC(O)COP(=O)(O)OCC(COC(=O)CCCCCCCCCCCCCCCCC/C=C\C/C=C\C/C=C\C/C=C\CCCCC)OC(=O)CCCCCCCCCCC/C=C\C/C=C\C/C=C\C/C=C\C/C=C\CC. The molecule has 0 aliphatic heterocycles. The van der Waals surface area contributed by atoms with Crippen LogP contribution in [0.3, 0.4) is 0 Å². The molecule has 0 rings (SSSR count). The van der Waals surface area contributed by atoms with Gasteiger partial charge in [-0.1, -0.05) is 416 Å². The third-order valence-electron chi connectivity index (χ3n) is 20.9. The predicted octanol–water partition coefficient (Wildman–Crippen LogP) is 31.0. The van der Waals surface area contributed by atoms with Gasteiger partial charge in [0.1, 0.15) is 25.4 Å². The maximum atomic E-state index is 13.1. The monoisotopic (exact) mass is 1760 g/mol. The second kappa shape index (κ2) is 96.0. The molecule has 0 fully saturated rings. The van der Waals surface area contributed by atoms with Crippen molar-refractivity contribution in [1.29, 1.82) is 0 Å². The molecule has 18 heteroatoms. The maximum absolute atomic E-state index is 13.1. The largest absolute Gasteiger partial charge is 0.472 e. The predicted molar refractivity (Wildman–Crippen MR) is 519 cm³/mol. The lowest BCUT2D eigenvalue weighted by atomic mass is 10.0. The Kier molecular flexibility index (Phi) is 92.0. The fourth-order valence-corrected chi connectivity index (χ4v) is 15.1. The van der Waals surface area contributed by atoms with Crippen LogP contribution in [0.15, 0.2) is 170 Å². The van der Waals surface area contributed by atoms with Gasteiger partial charge in [0, 0.05) is 19.3 Å². The number of phosphoric ester groups is 2. The fraction of sp³-hybridized carbons (Fsp3) is 0.705. The molecule has 0 heterocycles. The molecule has 0 radical (unpaired) electrons. The number of aliphatic hydroxyl groups is 2. The Morgan fingerprint density at radius 2 is 0.431 bits per heavy atom. The zero-order valence-electron chi connectivity index (χ0n) is 78.1. The third kappa shape index (κ3) is 97.4. The molecule has 0 spiro atoms. The fourth-order valence-electron chi connectivity index (χ4n) is 13.5. The smallest absolute Gasteiger partial charge is 0.463 e. The number of esters is 3. The highest BCUT2D eigenvalue weighted by Gasteiger charge is 2.30. The zero-order valence-corrected chi connectivity index (χ0v) is 79.9. The summed E-state index contributed by atoms with van der Waals surface area (Å²) in [7, 11) is -9.82. The minimum absolute atomic E-state index is 0.0939. The normalized spacial score (nSPS) is 14.4. The van der Waals surface area contributed by atoms with E-state index in [-0.39, 0.29) is 19.3 Å². The van der Waals surface area contributed by atoms with E-state index in [2.05, 4.69) is 191 Å². The average Bonchev–Trinajstić information content (AvgIpc) is 0.898. The molecule has 0 aromatic rings. The molecular weight excluding hydrogens is 1580 g/mol. The Morgan fingerprint density at radius 1 is 0.236 bits per heavy atom. The van der Waals surface area contributed by atoms with Crippen molar-refractivity contribution >= 4 is 33.6 Å². The Hall–Kier alpha value is -5.09. The van der Waals surface area contributed by atoms with Crippen LogP contribution in [0.2, 0.25) is 0 Å². The summed E-state index contributed by atoms with van der Waals surface area (Å²) in [5.41, 5.74) is 0. The molecule has 5 unspecified atom stereocenters. The highest BCUT2D eigenvalue weighted by Crippen LogP contribution is 2.45. The second-order valence-electron chi connectivity index (χ2n) is 32.8. The van der Waals surface area contributed by atoms with E-state index >= 15 is 0 Å². The van der Waals surface area contributed by atoms with Crippen molar-refractivity contribution < 1.29 is 75.8 Å². The van der Waals surface area contributed by atoms with Crippen molar-refractivity contribution in [3.63, 3.8) is 0 Å². The van der Waals surface area contributed by atoms with E-state index in [1.54, 1.807) is 0 Å². The van der Waals surface area contributed by atoms with Crippen LogP contribution in [0.25, 0.3) is 0 Å². The van der Waals surface area contributed by atoms with Crippen molar-refractivity contribution in [2.24, 2.45) is 0 Å². The van der Waals surface area contributed by atoms with E-state index in [1.807, 2.05) is 0 Å². The van der Waals surface area contributed by atoms with E-state index in [0.717, 1.165) is 154 Å². The molecule has 16 nitrogen and oxygen atoms in total. The number of rotatable bonds is 93. The number of phosphoric acid groups is 2. The summed E-state index contributed by atoms with van der Waals surface area (Å²) in [4.78, 5) is 59.2. The number of ether oxygens (including phenoxy) is 3. The van der Waals surface area contributed by atoms with E-state index in [4.69, 9.17) is 32.3 Å². The first kappa shape index (κ1) is 118. The summed E-state index contributed by atoms with van der Waals surface area (Å²) >= 11 is 0. The molecule has 123 heavy (non-hydrogen) atoms. The lowest BCUT2D eigenvalue weighted by Crippen LogP contribution is -2.30. The molecular formula is C105H180O16P2. The van der Waals surface area contributed by atoms with Crippen LogP contribution >= 0.6 is 15.6 Å². The van der Waals surface area contributed by atoms with Crippen LogP contribution in [-0.4, -0.2) is 95.9 Å². The van der Waals surface area contributed by atoms with Crippen LogP contribution in [0.4, 0.5) is 0 Å². The van der Waals surface area contributed by atoms with Crippen molar-refractivity contribution in [2.45, 2.75) is 437 Å². The third-order valence-corrected chi connectivity index (χ3v) is 22.8. The first-order valence-corrected chi connectivity index (χ1v) is 52.4. The number of hydrogen-bond acceptors (Lipinski definition) is 14. The minimum Gasteiger partial charge on any atom is -0.463 e. The van der Waals surface area contributed by atoms with Crippen LogP contribution in [0.1, 0.15) is 419 Å². The van der Waals surface area contributed by atoms with Crippen molar-refractivity contribution in [3.05, 3.63) is 170 Å². The molecule has 0 saturated carbocycles. The van der Waals surface area contributed by atoms with Crippen molar-refractivity contribution in [3.8, 4) is 0 Å². The molecule has 0 aromatic heterocycles. The number of carbonyl (C=O) groups excluding carboxylic acids is 3. The molecule has 0 bridgehead atoms. The zero-order chi connectivity index (χ0) is 89.3. The van der Waals surface area contributed by atoms with Crippen LogP contribution in [0, 0.1) is 0 Å². The second-order valence-corrected chi connectivity index (χ2v) is 35.7. The van der Waals surface area contributed by atoms with Crippen LogP contribution < -0.4 is 0 Å². The molecule has 706 valence electrons.